The van der Waals surface area contributed by atoms with Crippen LogP contribution in [0.5, 0.6) is 5.75 Å². The van der Waals surface area contributed by atoms with Crippen LogP contribution in [0, 0.1) is 0 Å². The Labute approximate surface area is 128 Å². The van der Waals surface area contributed by atoms with E-state index in [4.69, 9.17) is 4.74 Å². The molecule has 3 heterocycles. The molecular formula is C13H11BrN4OS. The van der Waals surface area contributed by atoms with Gasteiger partial charge < -0.3 is 4.74 Å². The summed E-state index contributed by atoms with van der Waals surface area (Å²) < 4.78 is 7.93. The van der Waals surface area contributed by atoms with Crippen molar-refractivity contribution in [3.63, 3.8) is 0 Å². The molecule has 5 nitrogen and oxygen atoms in total. The number of ether oxygens (including phenoxy) is 1. The summed E-state index contributed by atoms with van der Waals surface area (Å²) in [4.78, 5) is 8.82. The van der Waals surface area contributed by atoms with E-state index in [2.05, 4.69) is 31.0 Å². The van der Waals surface area contributed by atoms with Crippen LogP contribution < -0.4 is 4.74 Å². The number of rotatable bonds is 3. The van der Waals surface area contributed by atoms with Crippen molar-refractivity contribution < 1.29 is 4.74 Å². The number of hydrogen-bond acceptors (Lipinski definition) is 5. The highest BCUT2D eigenvalue weighted by Gasteiger charge is 2.12. The predicted molar refractivity (Wildman–Crippen MR) is 82.3 cm³/mol. The van der Waals surface area contributed by atoms with Gasteiger partial charge in [-0.1, -0.05) is 11.8 Å². The third-order valence-electron chi connectivity index (χ3n) is 2.87. The molecule has 0 radical (unpaired) electrons. The standard InChI is InChI=1S/C13H11BrN4OS/c1-19-11-7-15-12(14)6-9(11)10-5-8-3-4-16-18(8)13(17-10)20-2/h3-7H,1-2H3. The average Bonchev–Trinajstić information content (AvgIpc) is 2.94. The third-order valence-corrected chi connectivity index (χ3v) is 3.93. The van der Waals surface area contributed by atoms with Crippen molar-refractivity contribution in [1.29, 1.82) is 0 Å². The van der Waals surface area contributed by atoms with Gasteiger partial charge in [-0.05, 0) is 40.4 Å². The Bertz CT molecular complexity index is 774. The third kappa shape index (κ3) is 2.27. The monoisotopic (exact) mass is 350 g/mol. The van der Waals surface area contributed by atoms with Gasteiger partial charge in [0.25, 0.3) is 0 Å². The van der Waals surface area contributed by atoms with Gasteiger partial charge >= 0.3 is 0 Å². The molecule has 102 valence electrons. The molecule has 20 heavy (non-hydrogen) atoms. The van der Waals surface area contributed by atoms with Crippen molar-refractivity contribution >= 4 is 33.2 Å². The molecule has 0 spiro atoms. The Morgan fingerprint density at radius 1 is 1.35 bits per heavy atom. The van der Waals surface area contributed by atoms with Crippen LogP contribution in [0.3, 0.4) is 0 Å². The Hall–Kier alpha value is -1.60. The SMILES string of the molecule is COc1cnc(Br)cc1-c1cc2ccnn2c(SC)n1. The lowest BCUT2D eigenvalue weighted by molar-refractivity contribution is 0.414. The maximum absolute atomic E-state index is 5.37. The van der Waals surface area contributed by atoms with E-state index < -0.39 is 0 Å². The maximum Gasteiger partial charge on any atom is 0.189 e. The van der Waals surface area contributed by atoms with Gasteiger partial charge in [-0.3, -0.25) is 0 Å². The van der Waals surface area contributed by atoms with Crippen molar-refractivity contribution in [2.45, 2.75) is 5.16 Å². The minimum atomic E-state index is 0.691. The molecule has 0 amide bonds. The van der Waals surface area contributed by atoms with Crippen LogP contribution >= 0.6 is 27.7 Å². The number of fused-ring (bicyclic) bond motifs is 1. The molecule has 0 aromatic carbocycles. The van der Waals surface area contributed by atoms with E-state index in [9.17, 15) is 0 Å². The van der Waals surface area contributed by atoms with E-state index in [0.29, 0.717) is 5.75 Å². The van der Waals surface area contributed by atoms with Crippen molar-refractivity contribution in [1.82, 2.24) is 19.6 Å². The topological polar surface area (TPSA) is 52.3 Å². The minimum absolute atomic E-state index is 0.691. The van der Waals surface area contributed by atoms with Gasteiger partial charge in [-0.2, -0.15) is 5.10 Å². The van der Waals surface area contributed by atoms with Gasteiger partial charge in [-0.15, -0.1) is 0 Å². The van der Waals surface area contributed by atoms with Crippen LogP contribution in [0.15, 0.2) is 40.4 Å². The minimum Gasteiger partial charge on any atom is -0.494 e. The van der Waals surface area contributed by atoms with Gasteiger partial charge in [0.2, 0.25) is 0 Å². The first-order chi connectivity index (χ1) is 9.72. The van der Waals surface area contributed by atoms with Crippen molar-refractivity contribution in [3.8, 4) is 17.0 Å². The van der Waals surface area contributed by atoms with Crippen LogP contribution in [0.25, 0.3) is 16.8 Å². The molecule has 0 N–H and O–H groups in total. The lowest BCUT2D eigenvalue weighted by Gasteiger charge is -2.10. The van der Waals surface area contributed by atoms with Crippen LogP contribution in [-0.4, -0.2) is 32.9 Å². The summed E-state index contributed by atoms with van der Waals surface area (Å²) in [5.74, 6) is 0.691. The van der Waals surface area contributed by atoms with E-state index in [1.165, 1.54) is 0 Å². The number of pyridine rings is 1. The van der Waals surface area contributed by atoms with E-state index in [0.717, 1.165) is 26.5 Å². The second-order valence-corrected chi connectivity index (χ2v) is 5.59. The highest BCUT2D eigenvalue weighted by molar-refractivity contribution is 9.10. The summed E-state index contributed by atoms with van der Waals surface area (Å²) in [7, 11) is 1.63. The summed E-state index contributed by atoms with van der Waals surface area (Å²) in [5.41, 5.74) is 2.73. The summed E-state index contributed by atoms with van der Waals surface area (Å²) in [5, 5.41) is 5.10. The molecule has 0 saturated carbocycles. The Morgan fingerprint density at radius 3 is 2.95 bits per heavy atom. The zero-order valence-corrected chi connectivity index (χ0v) is 13.3. The number of nitrogens with zero attached hydrogens (tertiary/aromatic N) is 4. The second-order valence-electron chi connectivity index (χ2n) is 4.00. The molecule has 0 fully saturated rings. The number of thioether (sulfide) groups is 1. The molecule has 0 aliphatic rings. The zero-order valence-electron chi connectivity index (χ0n) is 10.9. The van der Waals surface area contributed by atoms with E-state index in [1.54, 1.807) is 31.3 Å². The fourth-order valence-corrected chi connectivity index (χ4v) is 2.80. The fourth-order valence-electron chi connectivity index (χ4n) is 1.96. The van der Waals surface area contributed by atoms with Crippen molar-refractivity contribution in [2.24, 2.45) is 0 Å². The maximum atomic E-state index is 5.37. The number of aromatic nitrogens is 4. The Balaban J connectivity index is 2.26. The normalized spacial score (nSPS) is 10.9. The van der Waals surface area contributed by atoms with Crippen LogP contribution in [0.1, 0.15) is 0 Å². The molecule has 0 atom stereocenters. The lowest BCUT2D eigenvalue weighted by atomic mass is 10.1. The Kier molecular flexibility index (Phi) is 3.62. The van der Waals surface area contributed by atoms with E-state index in [-0.39, 0.29) is 0 Å². The number of methoxy groups -OCH3 is 1. The molecule has 0 unspecified atom stereocenters. The second kappa shape index (κ2) is 5.41. The lowest BCUT2D eigenvalue weighted by Crippen LogP contribution is -1.99. The molecule has 3 aromatic rings. The molecule has 3 rings (SSSR count). The van der Waals surface area contributed by atoms with Crippen LogP contribution in [0.2, 0.25) is 0 Å². The zero-order chi connectivity index (χ0) is 14.1. The van der Waals surface area contributed by atoms with Crippen molar-refractivity contribution in [3.05, 3.63) is 35.2 Å². The first-order valence-corrected chi connectivity index (χ1v) is 7.83. The number of hydrogen-bond donors (Lipinski definition) is 0. The van der Waals surface area contributed by atoms with Gasteiger partial charge in [0, 0.05) is 5.56 Å². The van der Waals surface area contributed by atoms with E-state index >= 15 is 0 Å². The Morgan fingerprint density at radius 2 is 2.20 bits per heavy atom. The van der Waals surface area contributed by atoms with Gasteiger partial charge in [-0.25, -0.2) is 14.5 Å². The molecular weight excluding hydrogens is 340 g/mol. The average molecular weight is 351 g/mol. The smallest absolute Gasteiger partial charge is 0.189 e. The summed E-state index contributed by atoms with van der Waals surface area (Å²) in [6, 6.07) is 5.84. The van der Waals surface area contributed by atoms with Crippen molar-refractivity contribution in [2.75, 3.05) is 13.4 Å². The molecule has 0 aliphatic carbocycles. The molecule has 0 saturated heterocycles. The predicted octanol–water partition coefficient (Wildman–Crippen LogP) is 3.28. The van der Waals surface area contributed by atoms with E-state index in [1.807, 2.05) is 29.0 Å². The summed E-state index contributed by atoms with van der Waals surface area (Å²) >= 11 is 4.93. The molecule has 3 aromatic heterocycles. The summed E-state index contributed by atoms with van der Waals surface area (Å²) in [6.45, 7) is 0. The fraction of sp³-hybridized carbons (Fsp3) is 0.154. The van der Waals surface area contributed by atoms with Gasteiger partial charge in [0.1, 0.15) is 10.4 Å². The van der Waals surface area contributed by atoms with Crippen LogP contribution in [-0.2, 0) is 0 Å². The molecule has 0 bridgehead atoms. The van der Waals surface area contributed by atoms with Gasteiger partial charge in [0.15, 0.2) is 5.16 Å². The highest BCUT2D eigenvalue weighted by atomic mass is 79.9. The number of halogens is 1. The highest BCUT2D eigenvalue weighted by Crippen LogP contribution is 2.31. The largest absolute Gasteiger partial charge is 0.494 e. The summed E-state index contributed by atoms with van der Waals surface area (Å²) in [6.07, 6.45) is 5.42. The van der Waals surface area contributed by atoms with Crippen LogP contribution in [0.4, 0.5) is 0 Å². The first-order valence-electron chi connectivity index (χ1n) is 5.81. The first kappa shape index (κ1) is 13.4. The molecule has 0 aliphatic heterocycles. The van der Waals surface area contributed by atoms with Gasteiger partial charge in [0.05, 0.1) is 30.7 Å². The quantitative estimate of drug-likeness (QED) is 0.412. The molecule has 7 heteroatoms.